The van der Waals surface area contributed by atoms with E-state index in [1.165, 1.54) is 12.1 Å². The molecule has 1 aromatic carbocycles. The summed E-state index contributed by atoms with van der Waals surface area (Å²) in [6.07, 6.45) is 2.65. The zero-order valence-electron chi connectivity index (χ0n) is 14.0. The summed E-state index contributed by atoms with van der Waals surface area (Å²) in [6.45, 7) is 0.934. The largest absolute Gasteiger partial charge is 0.489 e. The highest BCUT2D eigenvalue weighted by molar-refractivity contribution is 5.99. The van der Waals surface area contributed by atoms with Crippen molar-refractivity contribution >= 4 is 17.6 Å². The van der Waals surface area contributed by atoms with Gasteiger partial charge in [0.2, 0.25) is 0 Å². The van der Waals surface area contributed by atoms with Crippen molar-refractivity contribution in [2.45, 2.75) is 18.9 Å². The number of carbonyl (C=O) groups is 2. The predicted octanol–water partition coefficient (Wildman–Crippen LogP) is 2.03. The van der Waals surface area contributed by atoms with Crippen molar-refractivity contribution in [3.8, 4) is 5.75 Å². The summed E-state index contributed by atoms with van der Waals surface area (Å²) in [5.41, 5.74) is -0.359. The van der Waals surface area contributed by atoms with Gasteiger partial charge < -0.3 is 24.3 Å². The van der Waals surface area contributed by atoms with Crippen LogP contribution in [0.15, 0.2) is 30.0 Å². The van der Waals surface area contributed by atoms with Gasteiger partial charge in [0.05, 0.1) is 26.4 Å². The van der Waals surface area contributed by atoms with E-state index >= 15 is 0 Å². The number of anilines is 1. The molecule has 0 aliphatic carbocycles. The van der Waals surface area contributed by atoms with Crippen molar-refractivity contribution < 1.29 is 32.9 Å². The number of para-hydroxylation sites is 1. The third-order valence-corrected chi connectivity index (χ3v) is 3.55. The van der Waals surface area contributed by atoms with Crippen molar-refractivity contribution in [1.82, 2.24) is 0 Å². The fourth-order valence-corrected chi connectivity index (χ4v) is 2.27. The highest BCUT2D eigenvalue weighted by Gasteiger charge is 2.20. The van der Waals surface area contributed by atoms with Crippen LogP contribution < -0.4 is 10.1 Å². The second-order valence-corrected chi connectivity index (χ2v) is 5.26. The molecule has 1 N–H and O–H groups in total. The number of hydrogen-bond acceptors (Lipinski definition) is 7. The molecular formula is C17H20FNO6. The van der Waals surface area contributed by atoms with Gasteiger partial charge in [0.25, 0.3) is 0 Å². The lowest BCUT2D eigenvalue weighted by molar-refractivity contribution is -0.138. The Labute approximate surface area is 144 Å². The minimum Gasteiger partial charge on any atom is -0.489 e. The minimum atomic E-state index is -0.848. The van der Waals surface area contributed by atoms with Crippen molar-refractivity contribution in [1.29, 1.82) is 0 Å². The number of methoxy groups -OCH3 is 2. The minimum absolute atomic E-state index is 0.0539. The monoisotopic (exact) mass is 353 g/mol. The van der Waals surface area contributed by atoms with Crippen LogP contribution in [0.5, 0.6) is 5.75 Å². The van der Waals surface area contributed by atoms with Gasteiger partial charge in [-0.1, -0.05) is 6.07 Å². The van der Waals surface area contributed by atoms with Crippen LogP contribution in [-0.4, -0.2) is 45.5 Å². The van der Waals surface area contributed by atoms with Gasteiger partial charge in [-0.2, -0.15) is 0 Å². The van der Waals surface area contributed by atoms with E-state index in [0.717, 1.165) is 33.1 Å². The van der Waals surface area contributed by atoms with Gasteiger partial charge in [-0.05, 0) is 25.0 Å². The molecule has 0 radical (unpaired) electrons. The maximum Gasteiger partial charge on any atom is 0.354 e. The number of ether oxygens (including phenoxy) is 4. The van der Waals surface area contributed by atoms with Gasteiger partial charge in [-0.25, -0.2) is 14.0 Å². The van der Waals surface area contributed by atoms with E-state index in [2.05, 4.69) is 14.8 Å². The molecule has 1 aliphatic heterocycles. The Balaban J connectivity index is 2.21. The molecule has 1 aromatic rings. The van der Waals surface area contributed by atoms with Crippen molar-refractivity contribution in [3.05, 3.63) is 35.8 Å². The van der Waals surface area contributed by atoms with E-state index in [0.29, 0.717) is 6.61 Å². The molecule has 8 heteroatoms. The summed E-state index contributed by atoms with van der Waals surface area (Å²) in [5.74, 6) is -2.09. The SMILES string of the molecule is COC(=O)/C=C(/Nc1c(F)cccc1OCC1CCCO1)C(=O)OC. The highest BCUT2D eigenvalue weighted by Crippen LogP contribution is 2.29. The molecule has 1 saturated heterocycles. The van der Waals surface area contributed by atoms with Crippen LogP contribution in [0, 0.1) is 5.82 Å². The predicted molar refractivity (Wildman–Crippen MR) is 86.6 cm³/mol. The lowest BCUT2D eigenvalue weighted by atomic mass is 10.2. The number of benzene rings is 1. The van der Waals surface area contributed by atoms with Crippen LogP contribution in [0.4, 0.5) is 10.1 Å². The Hall–Kier alpha value is -2.61. The zero-order chi connectivity index (χ0) is 18.2. The van der Waals surface area contributed by atoms with Crippen LogP contribution >= 0.6 is 0 Å². The first-order valence-corrected chi connectivity index (χ1v) is 7.73. The van der Waals surface area contributed by atoms with E-state index < -0.39 is 17.8 Å². The molecule has 0 aromatic heterocycles. The molecule has 25 heavy (non-hydrogen) atoms. The Morgan fingerprint density at radius 2 is 2.16 bits per heavy atom. The van der Waals surface area contributed by atoms with Crippen molar-refractivity contribution in [3.63, 3.8) is 0 Å². The van der Waals surface area contributed by atoms with Crippen molar-refractivity contribution in [2.24, 2.45) is 0 Å². The molecule has 1 atom stereocenters. The molecule has 1 fully saturated rings. The van der Waals surface area contributed by atoms with Crippen LogP contribution in [0.25, 0.3) is 0 Å². The number of halogens is 1. The van der Waals surface area contributed by atoms with Crippen LogP contribution in [0.2, 0.25) is 0 Å². The number of rotatable bonds is 7. The summed E-state index contributed by atoms with van der Waals surface area (Å²) in [5, 5.41) is 2.55. The topological polar surface area (TPSA) is 83.1 Å². The number of hydrogen-bond donors (Lipinski definition) is 1. The van der Waals surface area contributed by atoms with E-state index in [1.807, 2.05) is 0 Å². The molecule has 0 saturated carbocycles. The van der Waals surface area contributed by atoms with Gasteiger partial charge in [-0.15, -0.1) is 0 Å². The lowest BCUT2D eigenvalue weighted by Crippen LogP contribution is -2.19. The molecular weight excluding hydrogens is 333 g/mol. The Kier molecular flexibility index (Phi) is 6.76. The third kappa shape index (κ3) is 5.18. The van der Waals surface area contributed by atoms with Crippen molar-refractivity contribution in [2.75, 3.05) is 32.8 Å². The van der Waals surface area contributed by atoms with Gasteiger partial charge in [-0.3, -0.25) is 0 Å². The summed E-state index contributed by atoms with van der Waals surface area (Å²) in [7, 11) is 2.30. The first kappa shape index (κ1) is 18.7. The number of nitrogens with one attached hydrogen (secondary N) is 1. The molecule has 136 valence electrons. The maximum absolute atomic E-state index is 14.2. The third-order valence-electron chi connectivity index (χ3n) is 3.55. The lowest BCUT2D eigenvalue weighted by Gasteiger charge is -2.17. The van der Waals surface area contributed by atoms with Crippen LogP contribution in [-0.2, 0) is 23.8 Å². The molecule has 0 bridgehead atoms. The smallest absolute Gasteiger partial charge is 0.354 e. The first-order chi connectivity index (χ1) is 12.0. The van der Waals surface area contributed by atoms with E-state index in [9.17, 15) is 14.0 Å². The summed E-state index contributed by atoms with van der Waals surface area (Å²) in [4.78, 5) is 23.2. The summed E-state index contributed by atoms with van der Waals surface area (Å²) < 4.78 is 34.4. The fraction of sp³-hybridized carbons (Fsp3) is 0.412. The van der Waals surface area contributed by atoms with Crippen LogP contribution in [0.3, 0.4) is 0 Å². The van der Waals surface area contributed by atoms with E-state index in [1.54, 1.807) is 6.07 Å². The second kappa shape index (κ2) is 9.03. The normalized spacial score (nSPS) is 17.1. The average Bonchev–Trinajstić information content (AvgIpc) is 3.14. The van der Waals surface area contributed by atoms with Crippen LogP contribution in [0.1, 0.15) is 12.8 Å². The molecule has 1 aliphatic rings. The van der Waals surface area contributed by atoms with Gasteiger partial charge in [0, 0.05) is 6.61 Å². The summed E-state index contributed by atoms with van der Waals surface area (Å²) >= 11 is 0. The Morgan fingerprint density at radius 3 is 2.80 bits per heavy atom. The average molecular weight is 353 g/mol. The molecule has 1 unspecified atom stereocenters. The Bertz CT molecular complexity index is 655. The molecule has 1 heterocycles. The van der Waals surface area contributed by atoms with Gasteiger partial charge in [0.15, 0.2) is 0 Å². The maximum atomic E-state index is 14.2. The Morgan fingerprint density at radius 1 is 1.36 bits per heavy atom. The fourth-order valence-electron chi connectivity index (χ4n) is 2.27. The van der Waals surface area contributed by atoms with E-state index in [-0.39, 0.29) is 29.8 Å². The second-order valence-electron chi connectivity index (χ2n) is 5.26. The number of carbonyl (C=O) groups excluding carboxylic acids is 2. The van der Waals surface area contributed by atoms with E-state index in [4.69, 9.17) is 9.47 Å². The van der Waals surface area contributed by atoms with Gasteiger partial charge >= 0.3 is 11.9 Å². The standard InChI is InChI=1S/C17H20FNO6/c1-22-15(20)9-13(17(21)23-2)19-16-12(18)6-3-7-14(16)25-10-11-5-4-8-24-11/h3,6-7,9,11,19H,4-5,8,10H2,1-2H3/b13-9+. The number of esters is 2. The summed E-state index contributed by atoms with van der Waals surface area (Å²) in [6, 6.07) is 4.23. The zero-order valence-corrected chi connectivity index (χ0v) is 14.0. The highest BCUT2D eigenvalue weighted by atomic mass is 19.1. The molecule has 7 nitrogen and oxygen atoms in total. The first-order valence-electron chi connectivity index (χ1n) is 7.73. The quantitative estimate of drug-likeness (QED) is 0.593. The van der Waals surface area contributed by atoms with Gasteiger partial charge in [0.1, 0.15) is 29.6 Å². The molecule has 2 rings (SSSR count). The molecule has 0 amide bonds. The molecule has 0 spiro atoms.